The monoisotopic (exact) mass is 241 g/mol. The highest BCUT2D eigenvalue weighted by molar-refractivity contribution is 5.60. The fraction of sp³-hybridized carbons (Fsp3) is 0.267. The molecule has 0 aliphatic heterocycles. The number of benzene rings is 1. The molecule has 1 heterocycles. The minimum atomic E-state index is -1.03. The van der Waals surface area contributed by atoms with Crippen LogP contribution in [0, 0.1) is 18.8 Å². The third kappa shape index (κ3) is 3.22. The van der Waals surface area contributed by atoms with Crippen LogP contribution in [-0.4, -0.2) is 15.9 Å². The number of hydrogen-bond acceptors (Lipinski definition) is 3. The van der Waals surface area contributed by atoms with Crippen LogP contribution in [0.5, 0.6) is 0 Å². The molecule has 0 aliphatic carbocycles. The first-order valence-electron chi connectivity index (χ1n) is 5.73. The zero-order valence-corrected chi connectivity index (χ0v) is 10.7. The van der Waals surface area contributed by atoms with E-state index in [-0.39, 0.29) is 0 Å². The molecule has 0 atom stereocenters. The highest BCUT2D eigenvalue weighted by Gasteiger charge is 2.08. The van der Waals surface area contributed by atoms with E-state index in [4.69, 9.17) is 4.52 Å². The fourth-order valence-corrected chi connectivity index (χ4v) is 1.41. The van der Waals surface area contributed by atoms with Crippen molar-refractivity contribution < 1.29 is 9.63 Å². The zero-order valence-electron chi connectivity index (χ0n) is 10.7. The highest BCUT2D eigenvalue weighted by atomic mass is 16.5. The van der Waals surface area contributed by atoms with Crippen molar-refractivity contribution in [2.45, 2.75) is 26.4 Å². The van der Waals surface area contributed by atoms with E-state index in [2.05, 4.69) is 17.0 Å². The second kappa shape index (κ2) is 4.67. The average molecular weight is 241 g/mol. The van der Waals surface area contributed by atoms with Crippen LogP contribution in [0.2, 0.25) is 0 Å². The standard InChI is InChI=1S/C15H15NO2/c1-11-4-6-12(7-5-11)14-10-13(18-16-14)8-9-15(2,3)17/h4-7,10,17H,1-3H3. The van der Waals surface area contributed by atoms with Gasteiger partial charge in [-0.1, -0.05) is 40.9 Å². The van der Waals surface area contributed by atoms with Gasteiger partial charge in [-0.3, -0.25) is 0 Å². The Kier molecular flexibility index (Phi) is 3.22. The Morgan fingerprint density at radius 3 is 2.50 bits per heavy atom. The molecule has 1 aromatic heterocycles. The summed E-state index contributed by atoms with van der Waals surface area (Å²) in [4.78, 5) is 0. The van der Waals surface area contributed by atoms with E-state index < -0.39 is 5.60 Å². The van der Waals surface area contributed by atoms with Crippen molar-refractivity contribution in [3.63, 3.8) is 0 Å². The maximum atomic E-state index is 9.50. The van der Waals surface area contributed by atoms with Crippen molar-refractivity contribution in [1.82, 2.24) is 5.16 Å². The van der Waals surface area contributed by atoms with Crippen LogP contribution in [0.1, 0.15) is 25.2 Å². The summed E-state index contributed by atoms with van der Waals surface area (Å²) in [5.74, 6) is 5.89. The Morgan fingerprint density at radius 1 is 1.22 bits per heavy atom. The highest BCUT2D eigenvalue weighted by Crippen LogP contribution is 2.19. The molecule has 0 amide bonds. The summed E-state index contributed by atoms with van der Waals surface area (Å²) in [6.07, 6.45) is 0. The summed E-state index contributed by atoms with van der Waals surface area (Å²) >= 11 is 0. The van der Waals surface area contributed by atoms with Gasteiger partial charge in [0.1, 0.15) is 11.3 Å². The van der Waals surface area contributed by atoms with Crippen molar-refractivity contribution in [1.29, 1.82) is 0 Å². The van der Waals surface area contributed by atoms with Crippen molar-refractivity contribution in [3.05, 3.63) is 41.7 Å². The normalized spacial score (nSPS) is 10.9. The Bertz CT molecular complexity index is 592. The number of nitrogens with zero attached hydrogens (tertiary/aromatic N) is 1. The lowest BCUT2D eigenvalue weighted by Gasteiger charge is -2.04. The first-order valence-corrected chi connectivity index (χ1v) is 5.73. The molecule has 0 bridgehead atoms. The van der Waals surface area contributed by atoms with Gasteiger partial charge in [0, 0.05) is 11.6 Å². The first kappa shape index (κ1) is 12.4. The SMILES string of the molecule is Cc1ccc(-c2cc(C#CC(C)(C)O)on2)cc1. The zero-order chi connectivity index (χ0) is 13.2. The lowest BCUT2D eigenvalue weighted by atomic mass is 10.1. The van der Waals surface area contributed by atoms with Crippen LogP contribution in [0.15, 0.2) is 34.9 Å². The van der Waals surface area contributed by atoms with Gasteiger partial charge in [0.2, 0.25) is 5.76 Å². The van der Waals surface area contributed by atoms with Crippen LogP contribution in [0.4, 0.5) is 0 Å². The predicted octanol–water partition coefficient (Wildman–Crippen LogP) is 2.77. The summed E-state index contributed by atoms with van der Waals surface area (Å²) in [5.41, 5.74) is 1.90. The van der Waals surface area contributed by atoms with Gasteiger partial charge in [-0.15, -0.1) is 0 Å². The molecule has 0 aliphatic rings. The van der Waals surface area contributed by atoms with Gasteiger partial charge in [-0.2, -0.15) is 0 Å². The quantitative estimate of drug-likeness (QED) is 0.781. The van der Waals surface area contributed by atoms with Crippen LogP contribution in [-0.2, 0) is 0 Å². The van der Waals surface area contributed by atoms with Gasteiger partial charge in [0.15, 0.2) is 0 Å². The Morgan fingerprint density at radius 2 is 1.89 bits per heavy atom. The van der Waals surface area contributed by atoms with Crippen molar-refractivity contribution in [2.75, 3.05) is 0 Å². The molecule has 92 valence electrons. The third-order valence-electron chi connectivity index (χ3n) is 2.35. The summed E-state index contributed by atoms with van der Waals surface area (Å²) in [6, 6.07) is 9.78. The molecular weight excluding hydrogens is 226 g/mol. The molecular formula is C15H15NO2. The van der Waals surface area contributed by atoms with Crippen molar-refractivity contribution in [3.8, 4) is 23.1 Å². The number of rotatable bonds is 1. The predicted molar refractivity (Wildman–Crippen MR) is 69.9 cm³/mol. The number of aliphatic hydroxyl groups is 1. The van der Waals surface area contributed by atoms with Crippen molar-refractivity contribution in [2.24, 2.45) is 0 Å². The molecule has 0 fully saturated rings. The van der Waals surface area contributed by atoms with E-state index in [1.807, 2.05) is 31.2 Å². The molecule has 1 N–H and O–H groups in total. The van der Waals surface area contributed by atoms with E-state index in [1.54, 1.807) is 19.9 Å². The first-order chi connectivity index (χ1) is 8.44. The Labute approximate surface area is 106 Å². The molecule has 1 aromatic carbocycles. The van der Waals surface area contributed by atoms with Crippen LogP contribution in [0.25, 0.3) is 11.3 Å². The lowest BCUT2D eigenvalue weighted by Crippen LogP contribution is -2.14. The van der Waals surface area contributed by atoms with Gasteiger partial charge in [-0.05, 0) is 26.7 Å². The molecule has 3 nitrogen and oxygen atoms in total. The van der Waals surface area contributed by atoms with Crippen LogP contribution < -0.4 is 0 Å². The minimum Gasteiger partial charge on any atom is -0.378 e. The van der Waals surface area contributed by atoms with E-state index in [0.29, 0.717) is 5.76 Å². The van der Waals surface area contributed by atoms with Gasteiger partial charge >= 0.3 is 0 Å². The van der Waals surface area contributed by atoms with Crippen molar-refractivity contribution >= 4 is 0 Å². The van der Waals surface area contributed by atoms with Gasteiger partial charge in [0.05, 0.1) is 0 Å². The van der Waals surface area contributed by atoms with E-state index in [1.165, 1.54) is 5.56 Å². The maximum absolute atomic E-state index is 9.50. The second-order valence-corrected chi connectivity index (χ2v) is 4.75. The van der Waals surface area contributed by atoms with E-state index in [0.717, 1.165) is 11.3 Å². The molecule has 0 spiro atoms. The average Bonchev–Trinajstić information content (AvgIpc) is 2.75. The maximum Gasteiger partial charge on any atom is 0.210 e. The third-order valence-corrected chi connectivity index (χ3v) is 2.35. The molecule has 0 radical (unpaired) electrons. The van der Waals surface area contributed by atoms with E-state index >= 15 is 0 Å². The van der Waals surface area contributed by atoms with Crippen LogP contribution in [0.3, 0.4) is 0 Å². The molecule has 3 heteroatoms. The molecule has 2 rings (SSSR count). The molecule has 2 aromatic rings. The molecule has 18 heavy (non-hydrogen) atoms. The topological polar surface area (TPSA) is 46.3 Å². The van der Waals surface area contributed by atoms with Gasteiger partial charge in [-0.25, -0.2) is 0 Å². The minimum absolute atomic E-state index is 0.452. The lowest BCUT2D eigenvalue weighted by molar-refractivity contribution is 0.143. The molecule has 0 unspecified atom stereocenters. The number of aryl methyl sites for hydroxylation is 1. The Hall–Kier alpha value is -2.05. The summed E-state index contributed by atoms with van der Waals surface area (Å²) in [6.45, 7) is 5.28. The summed E-state index contributed by atoms with van der Waals surface area (Å²) < 4.78 is 5.11. The largest absolute Gasteiger partial charge is 0.378 e. The fourth-order valence-electron chi connectivity index (χ4n) is 1.41. The van der Waals surface area contributed by atoms with Crippen LogP contribution >= 0.6 is 0 Å². The van der Waals surface area contributed by atoms with Gasteiger partial charge < -0.3 is 9.63 Å². The summed E-state index contributed by atoms with van der Waals surface area (Å²) in [5, 5.41) is 13.5. The van der Waals surface area contributed by atoms with Gasteiger partial charge in [0.25, 0.3) is 0 Å². The molecule has 0 saturated heterocycles. The number of hydrogen-bond donors (Lipinski definition) is 1. The van der Waals surface area contributed by atoms with E-state index in [9.17, 15) is 5.11 Å². The number of aromatic nitrogens is 1. The Balaban J connectivity index is 2.25. The second-order valence-electron chi connectivity index (χ2n) is 4.75. The molecule has 0 saturated carbocycles. The summed E-state index contributed by atoms with van der Waals surface area (Å²) in [7, 11) is 0. The smallest absolute Gasteiger partial charge is 0.210 e.